The molecule has 0 aliphatic rings. The van der Waals surface area contributed by atoms with Gasteiger partial charge >= 0.3 is 0 Å². The fourth-order valence-electron chi connectivity index (χ4n) is 1.10. The zero-order valence-electron chi connectivity index (χ0n) is 7.70. The van der Waals surface area contributed by atoms with Crippen LogP contribution in [0.25, 0.3) is 0 Å². The van der Waals surface area contributed by atoms with Gasteiger partial charge in [0.25, 0.3) is 5.91 Å². The summed E-state index contributed by atoms with van der Waals surface area (Å²) in [5.74, 6) is 0.327. The van der Waals surface area contributed by atoms with Gasteiger partial charge in [-0.1, -0.05) is 0 Å². The van der Waals surface area contributed by atoms with E-state index in [2.05, 4.69) is 31.2 Å². The molecule has 0 bridgehead atoms. The lowest BCUT2D eigenvalue weighted by atomic mass is 10.4. The highest BCUT2D eigenvalue weighted by atomic mass is 79.9. The van der Waals surface area contributed by atoms with Gasteiger partial charge in [-0.3, -0.25) is 4.79 Å². The van der Waals surface area contributed by atoms with E-state index in [4.69, 9.17) is 0 Å². The van der Waals surface area contributed by atoms with E-state index in [-0.39, 0.29) is 5.91 Å². The molecule has 2 rings (SSSR count). The molecule has 0 fully saturated rings. The summed E-state index contributed by atoms with van der Waals surface area (Å²) in [6, 6.07) is 7.01. The number of pyridine rings is 1. The van der Waals surface area contributed by atoms with Gasteiger partial charge in [-0.2, -0.15) is 0 Å². The smallest absolute Gasteiger partial charge is 0.273 e. The van der Waals surface area contributed by atoms with Gasteiger partial charge in [-0.15, -0.1) is 0 Å². The van der Waals surface area contributed by atoms with Crippen LogP contribution >= 0.6 is 15.9 Å². The number of carbonyl (C=O) groups is 1. The molecule has 2 heterocycles. The van der Waals surface area contributed by atoms with Crippen molar-refractivity contribution in [3.8, 4) is 0 Å². The highest BCUT2D eigenvalue weighted by Gasteiger charge is 2.06. The van der Waals surface area contributed by atoms with Crippen LogP contribution in [-0.4, -0.2) is 15.9 Å². The molecule has 4 nitrogen and oxygen atoms in total. The van der Waals surface area contributed by atoms with Gasteiger partial charge < -0.3 is 10.3 Å². The average Bonchev–Trinajstić information content (AvgIpc) is 2.74. The third kappa shape index (κ3) is 2.44. The average molecular weight is 266 g/mol. The van der Waals surface area contributed by atoms with Crippen LogP contribution in [0.5, 0.6) is 0 Å². The van der Waals surface area contributed by atoms with Crippen LogP contribution in [0.1, 0.15) is 10.5 Å². The number of nitrogens with zero attached hydrogens (tertiary/aromatic N) is 1. The van der Waals surface area contributed by atoms with Crippen molar-refractivity contribution in [3.63, 3.8) is 0 Å². The normalized spacial score (nSPS) is 9.93. The summed E-state index contributed by atoms with van der Waals surface area (Å²) in [6.07, 6.45) is 3.33. The molecular weight excluding hydrogens is 258 g/mol. The molecule has 0 unspecified atom stereocenters. The van der Waals surface area contributed by atoms with E-state index in [0.29, 0.717) is 11.5 Å². The van der Waals surface area contributed by atoms with Crippen molar-refractivity contribution in [2.75, 3.05) is 5.32 Å². The molecule has 2 aromatic heterocycles. The van der Waals surface area contributed by atoms with Crippen LogP contribution in [0.15, 0.2) is 41.1 Å². The third-order valence-corrected chi connectivity index (χ3v) is 2.28. The Balaban J connectivity index is 2.09. The predicted octanol–water partition coefficient (Wildman–Crippen LogP) is 2.42. The fraction of sp³-hybridized carbons (Fsp3) is 0. The maximum absolute atomic E-state index is 11.6. The maximum atomic E-state index is 11.6. The van der Waals surface area contributed by atoms with E-state index in [9.17, 15) is 4.79 Å². The predicted molar refractivity (Wildman–Crippen MR) is 60.7 cm³/mol. The lowest BCUT2D eigenvalue weighted by molar-refractivity contribution is 0.102. The molecule has 2 N–H and O–H groups in total. The number of hydrogen-bond acceptors (Lipinski definition) is 2. The molecule has 0 saturated heterocycles. The van der Waals surface area contributed by atoms with Crippen molar-refractivity contribution in [1.29, 1.82) is 0 Å². The number of aromatic amines is 1. The van der Waals surface area contributed by atoms with E-state index < -0.39 is 0 Å². The summed E-state index contributed by atoms with van der Waals surface area (Å²) < 4.78 is 0.875. The zero-order chi connectivity index (χ0) is 10.7. The first-order chi connectivity index (χ1) is 7.25. The van der Waals surface area contributed by atoms with Crippen LogP contribution < -0.4 is 5.32 Å². The minimum Gasteiger partial charge on any atom is -0.357 e. The second-order valence-electron chi connectivity index (χ2n) is 2.90. The van der Waals surface area contributed by atoms with Crippen molar-refractivity contribution in [2.45, 2.75) is 0 Å². The first kappa shape index (κ1) is 9.92. The molecule has 0 spiro atoms. The number of halogens is 1. The van der Waals surface area contributed by atoms with Crippen molar-refractivity contribution >= 4 is 27.7 Å². The van der Waals surface area contributed by atoms with Gasteiger partial charge in [0.15, 0.2) is 0 Å². The van der Waals surface area contributed by atoms with Gasteiger partial charge in [0, 0.05) is 16.9 Å². The van der Waals surface area contributed by atoms with Gasteiger partial charge in [0.1, 0.15) is 11.5 Å². The number of nitrogens with one attached hydrogen (secondary N) is 2. The van der Waals surface area contributed by atoms with Crippen molar-refractivity contribution < 1.29 is 4.79 Å². The highest BCUT2D eigenvalue weighted by molar-refractivity contribution is 9.10. The fourth-order valence-corrected chi connectivity index (χ4v) is 1.34. The third-order valence-electron chi connectivity index (χ3n) is 1.81. The van der Waals surface area contributed by atoms with Crippen LogP contribution in [0.2, 0.25) is 0 Å². The summed E-state index contributed by atoms with van der Waals surface area (Å²) in [5.41, 5.74) is 0.514. The van der Waals surface area contributed by atoms with Gasteiger partial charge in [0.05, 0.1) is 0 Å². The Kier molecular flexibility index (Phi) is 2.82. The van der Waals surface area contributed by atoms with Crippen LogP contribution in [0, 0.1) is 0 Å². The van der Waals surface area contributed by atoms with Gasteiger partial charge in [-0.05, 0) is 40.2 Å². The molecule has 76 valence electrons. The summed E-state index contributed by atoms with van der Waals surface area (Å²) in [7, 11) is 0. The Hall–Kier alpha value is -1.62. The highest BCUT2D eigenvalue weighted by Crippen LogP contribution is 2.11. The molecule has 0 aromatic carbocycles. The Labute approximate surface area is 94.9 Å². The lowest BCUT2D eigenvalue weighted by Crippen LogP contribution is -2.12. The van der Waals surface area contributed by atoms with Crippen LogP contribution in [0.3, 0.4) is 0 Å². The maximum Gasteiger partial charge on any atom is 0.273 e. The number of rotatable bonds is 2. The standard InChI is InChI=1S/C10H8BrN3O/c11-7-3-4-9(13-6-7)14-10(15)8-2-1-5-12-8/h1-6,12H,(H,13,14,15). The molecule has 0 radical (unpaired) electrons. The second-order valence-corrected chi connectivity index (χ2v) is 3.82. The Morgan fingerprint density at radius 2 is 2.27 bits per heavy atom. The Morgan fingerprint density at radius 3 is 2.87 bits per heavy atom. The lowest BCUT2D eigenvalue weighted by Gasteiger charge is -2.02. The Morgan fingerprint density at radius 1 is 1.40 bits per heavy atom. The molecule has 2 aromatic rings. The SMILES string of the molecule is O=C(Nc1ccc(Br)cn1)c1ccc[nH]1. The minimum atomic E-state index is -0.199. The van der Waals surface area contributed by atoms with Crippen molar-refractivity contribution in [2.24, 2.45) is 0 Å². The minimum absolute atomic E-state index is 0.199. The van der Waals surface area contributed by atoms with Gasteiger partial charge in [-0.25, -0.2) is 4.98 Å². The van der Waals surface area contributed by atoms with Crippen molar-refractivity contribution in [3.05, 3.63) is 46.8 Å². The van der Waals surface area contributed by atoms with Crippen LogP contribution in [0.4, 0.5) is 5.82 Å². The quantitative estimate of drug-likeness (QED) is 0.877. The molecular formula is C10H8BrN3O. The van der Waals surface area contributed by atoms with E-state index in [1.807, 2.05) is 6.07 Å². The summed E-state index contributed by atoms with van der Waals surface area (Å²) >= 11 is 3.27. The Bertz CT molecular complexity index is 450. The van der Waals surface area contributed by atoms with E-state index in [1.165, 1.54) is 0 Å². The molecule has 0 atom stereocenters. The number of hydrogen-bond donors (Lipinski definition) is 2. The monoisotopic (exact) mass is 265 g/mol. The molecule has 1 amide bonds. The largest absolute Gasteiger partial charge is 0.357 e. The number of anilines is 1. The molecule has 0 aliphatic carbocycles. The van der Waals surface area contributed by atoms with Crippen molar-refractivity contribution in [1.82, 2.24) is 9.97 Å². The van der Waals surface area contributed by atoms with Crippen LogP contribution in [-0.2, 0) is 0 Å². The second kappa shape index (κ2) is 4.27. The number of H-pyrrole nitrogens is 1. The van der Waals surface area contributed by atoms with E-state index >= 15 is 0 Å². The van der Waals surface area contributed by atoms with Gasteiger partial charge in [0.2, 0.25) is 0 Å². The number of aromatic nitrogens is 2. The molecule has 15 heavy (non-hydrogen) atoms. The molecule has 5 heteroatoms. The first-order valence-electron chi connectivity index (χ1n) is 4.32. The first-order valence-corrected chi connectivity index (χ1v) is 5.11. The summed E-state index contributed by atoms with van der Waals surface area (Å²) in [4.78, 5) is 18.4. The topological polar surface area (TPSA) is 57.8 Å². The summed E-state index contributed by atoms with van der Waals surface area (Å²) in [5, 5.41) is 2.67. The molecule has 0 saturated carbocycles. The number of carbonyl (C=O) groups excluding carboxylic acids is 1. The number of amides is 1. The molecule has 0 aliphatic heterocycles. The summed E-state index contributed by atoms with van der Waals surface area (Å²) in [6.45, 7) is 0. The van der Waals surface area contributed by atoms with E-state index in [1.54, 1.807) is 30.6 Å². The van der Waals surface area contributed by atoms with E-state index in [0.717, 1.165) is 4.47 Å². The zero-order valence-corrected chi connectivity index (χ0v) is 9.28.